The molecule has 104 valence electrons. The van der Waals surface area contributed by atoms with Crippen LogP contribution in [0, 0.1) is 17.2 Å². The van der Waals surface area contributed by atoms with Crippen molar-refractivity contribution in [3.8, 4) is 0 Å². The molecule has 0 aromatic heterocycles. The quantitative estimate of drug-likeness (QED) is 0.675. The number of halogens is 3. The summed E-state index contributed by atoms with van der Waals surface area (Å²) >= 11 is 7.09. The SMILES string of the molecule is Fc1ccc(Br)cc1CC1(CBr)CCOC1C1CC1. The second-order valence-electron chi connectivity index (χ2n) is 5.79. The molecule has 1 saturated heterocycles. The van der Waals surface area contributed by atoms with Crippen molar-refractivity contribution in [1.29, 1.82) is 0 Å². The summed E-state index contributed by atoms with van der Waals surface area (Å²) in [5.41, 5.74) is 0.855. The Morgan fingerprint density at radius 1 is 1.37 bits per heavy atom. The number of ether oxygens (including phenoxy) is 1. The van der Waals surface area contributed by atoms with E-state index < -0.39 is 0 Å². The van der Waals surface area contributed by atoms with Crippen LogP contribution in [0.3, 0.4) is 0 Å². The van der Waals surface area contributed by atoms with Crippen molar-refractivity contribution in [2.75, 3.05) is 11.9 Å². The van der Waals surface area contributed by atoms with E-state index in [4.69, 9.17) is 4.74 Å². The Morgan fingerprint density at radius 3 is 2.84 bits per heavy atom. The molecule has 19 heavy (non-hydrogen) atoms. The van der Waals surface area contributed by atoms with E-state index in [1.165, 1.54) is 12.8 Å². The van der Waals surface area contributed by atoms with E-state index in [1.807, 2.05) is 6.07 Å². The first-order chi connectivity index (χ1) is 9.14. The Hall–Kier alpha value is 0.0700. The lowest BCUT2D eigenvalue weighted by atomic mass is 9.76. The molecule has 1 aliphatic carbocycles. The number of hydrogen-bond acceptors (Lipinski definition) is 1. The summed E-state index contributed by atoms with van der Waals surface area (Å²) in [4.78, 5) is 0. The largest absolute Gasteiger partial charge is 0.377 e. The zero-order valence-electron chi connectivity index (χ0n) is 10.7. The maximum atomic E-state index is 14.0. The van der Waals surface area contributed by atoms with Gasteiger partial charge in [-0.3, -0.25) is 0 Å². The van der Waals surface area contributed by atoms with Crippen LogP contribution >= 0.6 is 31.9 Å². The molecule has 0 bridgehead atoms. The van der Waals surface area contributed by atoms with Gasteiger partial charge in [0.1, 0.15) is 5.82 Å². The van der Waals surface area contributed by atoms with Gasteiger partial charge in [-0.2, -0.15) is 0 Å². The lowest BCUT2D eigenvalue weighted by Gasteiger charge is -2.33. The minimum absolute atomic E-state index is 0.0583. The molecule has 0 N–H and O–H groups in total. The van der Waals surface area contributed by atoms with Gasteiger partial charge in [0.05, 0.1) is 6.10 Å². The average Bonchev–Trinajstić information content (AvgIpc) is 3.16. The summed E-state index contributed by atoms with van der Waals surface area (Å²) in [5.74, 6) is 0.584. The van der Waals surface area contributed by atoms with E-state index >= 15 is 0 Å². The number of rotatable bonds is 4. The molecule has 1 nitrogen and oxygen atoms in total. The highest BCUT2D eigenvalue weighted by atomic mass is 79.9. The Bertz CT molecular complexity index is 475. The van der Waals surface area contributed by atoms with Gasteiger partial charge in [-0.25, -0.2) is 4.39 Å². The zero-order valence-corrected chi connectivity index (χ0v) is 13.8. The molecular weight excluding hydrogens is 375 g/mol. The van der Waals surface area contributed by atoms with E-state index in [1.54, 1.807) is 12.1 Å². The topological polar surface area (TPSA) is 9.23 Å². The maximum Gasteiger partial charge on any atom is 0.126 e. The van der Waals surface area contributed by atoms with Gasteiger partial charge in [-0.15, -0.1) is 0 Å². The normalized spacial score (nSPS) is 30.8. The summed E-state index contributed by atoms with van der Waals surface area (Å²) < 4.78 is 20.9. The van der Waals surface area contributed by atoms with Crippen LogP contribution in [0.4, 0.5) is 4.39 Å². The zero-order chi connectivity index (χ0) is 13.5. The van der Waals surface area contributed by atoms with Gasteiger partial charge >= 0.3 is 0 Å². The highest BCUT2D eigenvalue weighted by Gasteiger charge is 2.50. The van der Waals surface area contributed by atoms with Crippen LogP contribution in [0.1, 0.15) is 24.8 Å². The van der Waals surface area contributed by atoms with Gasteiger partial charge in [0.2, 0.25) is 0 Å². The molecule has 1 aromatic rings. The fraction of sp³-hybridized carbons (Fsp3) is 0.600. The van der Waals surface area contributed by atoms with Gasteiger partial charge < -0.3 is 4.74 Å². The van der Waals surface area contributed by atoms with Gasteiger partial charge in [-0.1, -0.05) is 31.9 Å². The van der Waals surface area contributed by atoms with Gasteiger partial charge in [0.25, 0.3) is 0 Å². The fourth-order valence-corrected chi connectivity index (χ4v) is 4.39. The van der Waals surface area contributed by atoms with E-state index in [2.05, 4.69) is 31.9 Å². The second kappa shape index (κ2) is 5.45. The van der Waals surface area contributed by atoms with Crippen LogP contribution in [0.15, 0.2) is 22.7 Å². The third kappa shape index (κ3) is 2.77. The molecule has 1 aromatic carbocycles. The van der Waals surface area contributed by atoms with Crippen LogP contribution in [0.5, 0.6) is 0 Å². The third-order valence-corrected chi connectivity index (χ3v) is 5.98. The van der Waals surface area contributed by atoms with Crippen LogP contribution < -0.4 is 0 Å². The molecule has 3 rings (SSSR count). The second-order valence-corrected chi connectivity index (χ2v) is 7.26. The van der Waals surface area contributed by atoms with Crippen molar-refractivity contribution in [1.82, 2.24) is 0 Å². The maximum absolute atomic E-state index is 14.0. The molecule has 4 heteroatoms. The molecule has 2 unspecified atom stereocenters. The lowest BCUT2D eigenvalue weighted by Crippen LogP contribution is -2.36. The summed E-state index contributed by atoms with van der Waals surface area (Å²) in [6, 6.07) is 5.20. The molecule has 2 aliphatic rings. The van der Waals surface area contributed by atoms with Crippen LogP contribution in [0.2, 0.25) is 0 Å². The Labute approximate surface area is 130 Å². The highest BCUT2D eigenvalue weighted by molar-refractivity contribution is 9.10. The van der Waals surface area contributed by atoms with Crippen molar-refractivity contribution in [2.45, 2.75) is 31.8 Å². The lowest BCUT2D eigenvalue weighted by molar-refractivity contribution is 0.0410. The predicted molar refractivity (Wildman–Crippen MR) is 81.1 cm³/mol. The summed E-state index contributed by atoms with van der Waals surface area (Å²) in [7, 11) is 0. The van der Waals surface area contributed by atoms with Crippen molar-refractivity contribution in [2.24, 2.45) is 11.3 Å². The molecule has 0 amide bonds. The Kier molecular flexibility index (Phi) is 4.03. The molecule has 1 aliphatic heterocycles. The predicted octanol–water partition coefficient (Wildman–Crippen LogP) is 4.71. The van der Waals surface area contributed by atoms with E-state index in [0.29, 0.717) is 12.0 Å². The monoisotopic (exact) mass is 390 g/mol. The van der Waals surface area contributed by atoms with Crippen molar-refractivity contribution < 1.29 is 9.13 Å². The Balaban J connectivity index is 1.87. The number of benzene rings is 1. The van der Waals surface area contributed by atoms with Crippen LogP contribution in [0.25, 0.3) is 0 Å². The van der Waals surface area contributed by atoms with E-state index in [-0.39, 0.29) is 11.2 Å². The molecular formula is C15H17Br2FO. The molecule has 0 spiro atoms. The summed E-state index contributed by atoms with van der Waals surface area (Å²) in [6.45, 7) is 0.808. The van der Waals surface area contributed by atoms with Crippen molar-refractivity contribution >= 4 is 31.9 Å². The minimum Gasteiger partial charge on any atom is -0.377 e. The number of alkyl halides is 1. The number of hydrogen-bond donors (Lipinski definition) is 0. The molecule has 1 heterocycles. The van der Waals surface area contributed by atoms with Crippen molar-refractivity contribution in [3.63, 3.8) is 0 Å². The first-order valence-electron chi connectivity index (χ1n) is 6.76. The van der Waals surface area contributed by atoms with Gasteiger partial charge in [0, 0.05) is 21.8 Å². The molecule has 2 fully saturated rings. The van der Waals surface area contributed by atoms with Crippen LogP contribution in [-0.4, -0.2) is 18.0 Å². The minimum atomic E-state index is -0.107. The third-order valence-electron chi connectivity index (χ3n) is 4.37. The van der Waals surface area contributed by atoms with Crippen molar-refractivity contribution in [3.05, 3.63) is 34.1 Å². The summed E-state index contributed by atoms with van der Waals surface area (Å²) in [5, 5.41) is 0.882. The first-order valence-corrected chi connectivity index (χ1v) is 8.67. The smallest absolute Gasteiger partial charge is 0.126 e. The summed E-state index contributed by atoms with van der Waals surface area (Å²) in [6.07, 6.45) is 4.60. The molecule has 1 saturated carbocycles. The molecule has 2 atom stereocenters. The van der Waals surface area contributed by atoms with E-state index in [9.17, 15) is 4.39 Å². The van der Waals surface area contributed by atoms with Crippen LogP contribution in [-0.2, 0) is 11.2 Å². The Morgan fingerprint density at radius 2 is 2.16 bits per heavy atom. The van der Waals surface area contributed by atoms with Gasteiger partial charge in [0.15, 0.2) is 0 Å². The van der Waals surface area contributed by atoms with Gasteiger partial charge in [-0.05, 0) is 55.4 Å². The fourth-order valence-electron chi connectivity index (χ4n) is 3.18. The highest BCUT2D eigenvalue weighted by Crippen LogP contribution is 2.50. The standard InChI is InChI=1S/C15H17Br2FO/c16-9-15(5-6-19-14(15)10-1-2-10)8-11-7-12(17)3-4-13(11)18/h3-4,7,10,14H,1-2,5-6,8-9H2. The average molecular weight is 392 g/mol. The van der Waals surface area contributed by atoms with E-state index in [0.717, 1.165) is 34.8 Å². The molecule has 0 radical (unpaired) electrons. The first kappa shape index (κ1) is 14.0.